The van der Waals surface area contributed by atoms with Crippen LogP contribution < -0.4 is 10.1 Å². The normalized spacial score (nSPS) is 17.7. The summed E-state index contributed by atoms with van der Waals surface area (Å²) in [7, 11) is -1.96. The first kappa shape index (κ1) is 13.6. The third kappa shape index (κ3) is 2.61. The molecule has 0 saturated carbocycles. The summed E-state index contributed by atoms with van der Waals surface area (Å²) in [5.41, 5.74) is 0. The number of nitrogens with zero attached hydrogens (tertiary/aromatic N) is 1. The van der Waals surface area contributed by atoms with Crippen molar-refractivity contribution in [1.29, 1.82) is 0 Å². The summed E-state index contributed by atoms with van der Waals surface area (Å²) in [4.78, 5) is 0.204. The molecule has 0 aromatic heterocycles. The lowest BCUT2D eigenvalue weighted by atomic mass is 10.3. The summed E-state index contributed by atoms with van der Waals surface area (Å²) >= 11 is 5.95. The number of piperazine rings is 1. The first-order chi connectivity index (χ1) is 8.55. The summed E-state index contributed by atoms with van der Waals surface area (Å²) in [6.07, 6.45) is 0. The van der Waals surface area contributed by atoms with E-state index in [9.17, 15) is 8.42 Å². The molecule has 5 nitrogen and oxygen atoms in total. The molecule has 2 rings (SSSR count). The minimum Gasteiger partial charge on any atom is -0.495 e. The van der Waals surface area contributed by atoms with Gasteiger partial charge in [0.25, 0.3) is 0 Å². The number of methoxy groups -OCH3 is 1. The van der Waals surface area contributed by atoms with Crippen LogP contribution in [0.15, 0.2) is 23.1 Å². The lowest BCUT2D eigenvalue weighted by molar-refractivity contribution is 0.360. The van der Waals surface area contributed by atoms with E-state index in [0.717, 1.165) is 0 Å². The fourth-order valence-electron chi connectivity index (χ4n) is 1.84. The van der Waals surface area contributed by atoms with Crippen molar-refractivity contribution >= 4 is 21.6 Å². The molecule has 1 saturated heterocycles. The summed E-state index contributed by atoms with van der Waals surface area (Å²) in [5.74, 6) is 0.468. The zero-order valence-electron chi connectivity index (χ0n) is 10.0. The Morgan fingerprint density at radius 2 is 2.00 bits per heavy atom. The topological polar surface area (TPSA) is 58.6 Å². The van der Waals surface area contributed by atoms with E-state index >= 15 is 0 Å². The van der Waals surface area contributed by atoms with Crippen molar-refractivity contribution in [3.05, 3.63) is 23.2 Å². The molecule has 1 aliphatic heterocycles. The monoisotopic (exact) mass is 290 g/mol. The van der Waals surface area contributed by atoms with Crippen molar-refractivity contribution < 1.29 is 13.2 Å². The van der Waals surface area contributed by atoms with Gasteiger partial charge in [0.15, 0.2) is 0 Å². The molecule has 0 amide bonds. The van der Waals surface area contributed by atoms with E-state index in [1.807, 2.05) is 0 Å². The van der Waals surface area contributed by atoms with Gasteiger partial charge in [-0.2, -0.15) is 4.31 Å². The quantitative estimate of drug-likeness (QED) is 0.900. The largest absolute Gasteiger partial charge is 0.495 e. The van der Waals surface area contributed by atoms with Crippen LogP contribution in [-0.2, 0) is 10.0 Å². The van der Waals surface area contributed by atoms with Crippen molar-refractivity contribution in [2.75, 3.05) is 33.3 Å². The maximum atomic E-state index is 12.3. The molecule has 1 aromatic rings. The molecule has 0 unspecified atom stereocenters. The number of sulfonamides is 1. The van der Waals surface area contributed by atoms with Crippen LogP contribution in [0.5, 0.6) is 5.75 Å². The zero-order valence-corrected chi connectivity index (χ0v) is 11.6. The molecular formula is C11H15ClN2O3S. The lowest BCUT2D eigenvalue weighted by Crippen LogP contribution is -2.46. The van der Waals surface area contributed by atoms with Gasteiger partial charge in [-0.25, -0.2) is 8.42 Å². The predicted molar refractivity (Wildman–Crippen MR) is 69.6 cm³/mol. The molecule has 100 valence electrons. The van der Waals surface area contributed by atoms with Crippen LogP contribution in [0.2, 0.25) is 5.02 Å². The second kappa shape index (κ2) is 5.44. The van der Waals surface area contributed by atoms with Gasteiger partial charge in [-0.15, -0.1) is 0 Å². The molecular weight excluding hydrogens is 276 g/mol. The van der Waals surface area contributed by atoms with Gasteiger partial charge in [0.1, 0.15) is 5.75 Å². The number of rotatable bonds is 3. The molecule has 0 bridgehead atoms. The number of nitrogens with one attached hydrogen (secondary N) is 1. The Balaban J connectivity index is 2.32. The molecule has 0 spiro atoms. The number of halogens is 1. The van der Waals surface area contributed by atoms with Crippen LogP contribution >= 0.6 is 11.6 Å². The molecule has 7 heteroatoms. The van der Waals surface area contributed by atoms with Crippen molar-refractivity contribution in [2.45, 2.75) is 4.90 Å². The third-order valence-corrected chi connectivity index (χ3v) is 5.03. The van der Waals surface area contributed by atoms with Crippen LogP contribution in [-0.4, -0.2) is 46.0 Å². The Morgan fingerprint density at radius 1 is 1.33 bits per heavy atom. The highest BCUT2D eigenvalue weighted by atomic mass is 35.5. The molecule has 18 heavy (non-hydrogen) atoms. The molecule has 1 N–H and O–H groups in total. The molecule has 1 aliphatic rings. The van der Waals surface area contributed by atoms with Crippen LogP contribution in [0.1, 0.15) is 0 Å². The van der Waals surface area contributed by atoms with Gasteiger partial charge in [-0.3, -0.25) is 0 Å². The number of hydrogen-bond donors (Lipinski definition) is 1. The maximum absolute atomic E-state index is 12.3. The van der Waals surface area contributed by atoms with E-state index in [4.69, 9.17) is 16.3 Å². The number of ether oxygens (including phenoxy) is 1. The highest BCUT2D eigenvalue weighted by Crippen LogP contribution is 2.28. The Morgan fingerprint density at radius 3 is 2.56 bits per heavy atom. The van der Waals surface area contributed by atoms with Crippen LogP contribution in [0.3, 0.4) is 0 Å². The van der Waals surface area contributed by atoms with Crippen LogP contribution in [0.25, 0.3) is 0 Å². The molecule has 0 aliphatic carbocycles. The van der Waals surface area contributed by atoms with Crippen molar-refractivity contribution in [1.82, 2.24) is 9.62 Å². The Bertz CT molecular complexity index is 527. The number of benzene rings is 1. The minimum atomic E-state index is -3.46. The summed E-state index contributed by atoms with van der Waals surface area (Å²) < 4.78 is 31.1. The second-order valence-electron chi connectivity index (χ2n) is 3.95. The van der Waals surface area contributed by atoms with E-state index < -0.39 is 10.0 Å². The third-order valence-electron chi connectivity index (χ3n) is 2.84. The molecule has 1 heterocycles. The van der Waals surface area contributed by atoms with E-state index in [2.05, 4.69) is 5.32 Å². The minimum absolute atomic E-state index is 0.204. The van der Waals surface area contributed by atoms with Crippen LogP contribution in [0, 0.1) is 0 Å². The summed E-state index contributed by atoms with van der Waals surface area (Å²) in [6, 6.07) is 4.51. The van der Waals surface area contributed by atoms with Gasteiger partial charge in [0, 0.05) is 26.2 Å². The van der Waals surface area contributed by atoms with E-state index in [1.165, 1.54) is 23.5 Å². The van der Waals surface area contributed by atoms with E-state index in [1.54, 1.807) is 6.07 Å². The van der Waals surface area contributed by atoms with Gasteiger partial charge in [0.2, 0.25) is 10.0 Å². The maximum Gasteiger partial charge on any atom is 0.243 e. The first-order valence-corrected chi connectivity index (χ1v) is 7.42. The average molecular weight is 291 g/mol. The highest BCUT2D eigenvalue weighted by molar-refractivity contribution is 7.89. The van der Waals surface area contributed by atoms with Crippen LogP contribution in [0.4, 0.5) is 0 Å². The molecule has 0 atom stereocenters. The molecule has 0 radical (unpaired) electrons. The second-order valence-corrected chi connectivity index (χ2v) is 6.30. The van der Waals surface area contributed by atoms with Gasteiger partial charge in [-0.05, 0) is 18.2 Å². The van der Waals surface area contributed by atoms with E-state index in [0.29, 0.717) is 37.0 Å². The lowest BCUT2D eigenvalue weighted by Gasteiger charge is -2.26. The fraction of sp³-hybridized carbons (Fsp3) is 0.455. The number of hydrogen-bond acceptors (Lipinski definition) is 4. The van der Waals surface area contributed by atoms with E-state index in [-0.39, 0.29) is 4.90 Å². The fourth-order valence-corrected chi connectivity index (χ4v) is 3.63. The van der Waals surface area contributed by atoms with Gasteiger partial charge < -0.3 is 10.1 Å². The SMILES string of the molecule is COc1ccc(S(=O)(=O)N2CCNCC2)cc1Cl. The van der Waals surface area contributed by atoms with Gasteiger partial charge in [0.05, 0.1) is 17.0 Å². The first-order valence-electron chi connectivity index (χ1n) is 5.60. The average Bonchev–Trinajstić information content (AvgIpc) is 2.39. The van der Waals surface area contributed by atoms with Crippen molar-refractivity contribution in [2.24, 2.45) is 0 Å². The van der Waals surface area contributed by atoms with Gasteiger partial charge >= 0.3 is 0 Å². The standard InChI is InChI=1S/C11H15ClN2O3S/c1-17-11-3-2-9(8-10(11)12)18(15,16)14-6-4-13-5-7-14/h2-3,8,13H,4-7H2,1H3. The summed E-state index contributed by atoms with van der Waals surface area (Å²) in [5, 5.41) is 3.42. The Labute approximate surface area is 112 Å². The molecule has 1 fully saturated rings. The zero-order chi connectivity index (χ0) is 13.2. The summed E-state index contributed by atoms with van der Waals surface area (Å²) in [6.45, 7) is 2.30. The van der Waals surface area contributed by atoms with Crippen molar-refractivity contribution in [3.8, 4) is 5.75 Å². The Hall–Kier alpha value is -0.820. The molecule has 1 aromatic carbocycles. The predicted octanol–water partition coefficient (Wildman–Crippen LogP) is 0.942. The highest BCUT2D eigenvalue weighted by Gasteiger charge is 2.26. The van der Waals surface area contributed by atoms with Gasteiger partial charge in [-0.1, -0.05) is 11.6 Å². The Kier molecular flexibility index (Phi) is 4.11. The van der Waals surface area contributed by atoms with Crippen molar-refractivity contribution in [3.63, 3.8) is 0 Å². The smallest absolute Gasteiger partial charge is 0.243 e.